The SMILES string of the molecule is C#CCOc1cccc(NC(=O)OCC2c3ccccc3-c3ccccc32)c1. The molecule has 0 saturated heterocycles. The number of rotatable bonds is 5. The molecule has 0 radical (unpaired) electrons. The van der Waals surface area contributed by atoms with Crippen molar-refractivity contribution in [1.29, 1.82) is 0 Å². The number of nitrogens with one attached hydrogen (secondary N) is 1. The van der Waals surface area contributed by atoms with E-state index >= 15 is 0 Å². The summed E-state index contributed by atoms with van der Waals surface area (Å²) in [6, 6.07) is 23.5. The van der Waals surface area contributed by atoms with E-state index in [0.717, 1.165) is 0 Å². The Morgan fingerprint density at radius 1 is 0.964 bits per heavy atom. The standard InChI is InChI=1S/C24H19NO3/c1-2-14-27-18-9-7-8-17(15-18)25-24(26)28-16-23-21-12-5-3-10-19(21)20-11-4-6-13-22(20)23/h1,3-13,15,23H,14,16H2,(H,25,26). The summed E-state index contributed by atoms with van der Waals surface area (Å²) in [7, 11) is 0. The number of hydrogen-bond acceptors (Lipinski definition) is 3. The molecule has 0 unspecified atom stereocenters. The van der Waals surface area contributed by atoms with Crippen LogP contribution in [0.15, 0.2) is 72.8 Å². The number of fused-ring (bicyclic) bond motifs is 3. The normalized spacial score (nSPS) is 11.8. The molecule has 0 aromatic heterocycles. The van der Waals surface area contributed by atoms with E-state index in [9.17, 15) is 4.79 Å². The zero-order chi connectivity index (χ0) is 19.3. The minimum Gasteiger partial charge on any atom is -0.481 e. The fourth-order valence-electron chi connectivity index (χ4n) is 3.54. The predicted molar refractivity (Wildman–Crippen MR) is 109 cm³/mol. The van der Waals surface area contributed by atoms with Crippen LogP contribution in [0.25, 0.3) is 11.1 Å². The van der Waals surface area contributed by atoms with Crippen LogP contribution >= 0.6 is 0 Å². The van der Waals surface area contributed by atoms with Crippen molar-refractivity contribution in [3.05, 3.63) is 83.9 Å². The van der Waals surface area contributed by atoms with Crippen LogP contribution in [0.3, 0.4) is 0 Å². The lowest BCUT2D eigenvalue weighted by atomic mass is 9.98. The fourth-order valence-corrected chi connectivity index (χ4v) is 3.54. The maximum absolute atomic E-state index is 12.3. The smallest absolute Gasteiger partial charge is 0.411 e. The highest BCUT2D eigenvalue weighted by Gasteiger charge is 2.28. The molecule has 4 heteroatoms. The van der Waals surface area contributed by atoms with Gasteiger partial charge < -0.3 is 9.47 Å². The molecular formula is C24H19NO3. The van der Waals surface area contributed by atoms with E-state index in [-0.39, 0.29) is 19.1 Å². The second-order valence-electron chi connectivity index (χ2n) is 6.47. The summed E-state index contributed by atoms with van der Waals surface area (Å²) < 4.78 is 10.9. The Kier molecular flexibility index (Phi) is 4.99. The van der Waals surface area contributed by atoms with Gasteiger partial charge in [-0.25, -0.2) is 4.79 Å². The highest BCUT2D eigenvalue weighted by molar-refractivity contribution is 5.85. The molecular weight excluding hydrogens is 350 g/mol. The molecule has 0 spiro atoms. The number of carbonyl (C=O) groups is 1. The second-order valence-corrected chi connectivity index (χ2v) is 6.47. The van der Waals surface area contributed by atoms with Gasteiger partial charge in [0.05, 0.1) is 0 Å². The third kappa shape index (κ3) is 3.56. The average molecular weight is 369 g/mol. The van der Waals surface area contributed by atoms with E-state index in [0.29, 0.717) is 11.4 Å². The maximum Gasteiger partial charge on any atom is 0.411 e. The summed E-state index contributed by atoms with van der Waals surface area (Å²) in [5.74, 6) is 3.03. The van der Waals surface area contributed by atoms with Crippen molar-refractivity contribution in [1.82, 2.24) is 0 Å². The molecule has 1 N–H and O–H groups in total. The second kappa shape index (κ2) is 7.89. The molecule has 4 nitrogen and oxygen atoms in total. The average Bonchev–Trinajstić information content (AvgIpc) is 3.05. The summed E-state index contributed by atoms with van der Waals surface area (Å²) in [5.41, 5.74) is 5.35. The van der Waals surface area contributed by atoms with Crippen molar-refractivity contribution in [3.8, 4) is 29.2 Å². The van der Waals surface area contributed by atoms with E-state index in [2.05, 4.69) is 35.5 Å². The van der Waals surface area contributed by atoms with Crippen LogP contribution in [0, 0.1) is 12.3 Å². The molecule has 0 saturated carbocycles. The van der Waals surface area contributed by atoms with Crippen molar-refractivity contribution >= 4 is 11.8 Å². The number of benzene rings is 3. The Morgan fingerprint density at radius 3 is 2.32 bits per heavy atom. The zero-order valence-electron chi connectivity index (χ0n) is 15.2. The molecule has 1 aliphatic rings. The zero-order valence-corrected chi connectivity index (χ0v) is 15.2. The summed E-state index contributed by atoms with van der Waals surface area (Å²) in [4.78, 5) is 12.3. The minimum atomic E-state index is -0.504. The van der Waals surface area contributed by atoms with Crippen molar-refractivity contribution in [2.24, 2.45) is 0 Å². The summed E-state index contributed by atoms with van der Waals surface area (Å²) in [5, 5.41) is 2.74. The highest BCUT2D eigenvalue weighted by Crippen LogP contribution is 2.44. The van der Waals surface area contributed by atoms with Gasteiger partial charge in [-0.05, 0) is 34.4 Å². The summed E-state index contributed by atoms with van der Waals surface area (Å²) in [6.45, 7) is 0.446. The van der Waals surface area contributed by atoms with Gasteiger partial charge in [-0.1, -0.05) is 60.5 Å². The third-order valence-electron chi connectivity index (χ3n) is 4.75. The van der Waals surface area contributed by atoms with Crippen molar-refractivity contribution < 1.29 is 14.3 Å². The molecule has 28 heavy (non-hydrogen) atoms. The number of ether oxygens (including phenoxy) is 2. The van der Waals surface area contributed by atoms with Gasteiger partial charge in [0.1, 0.15) is 19.0 Å². The van der Waals surface area contributed by atoms with Crippen molar-refractivity contribution in [2.45, 2.75) is 5.92 Å². The largest absolute Gasteiger partial charge is 0.481 e. The predicted octanol–water partition coefficient (Wildman–Crippen LogP) is 5.06. The number of amides is 1. The molecule has 4 rings (SSSR count). The van der Waals surface area contributed by atoms with Crippen LogP contribution in [-0.2, 0) is 4.74 Å². The van der Waals surface area contributed by atoms with E-state index in [1.54, 1.807) is 24.3 Å². The van der Waals surface area contributed by atoms with Crippen LogP contribution < -0.4 is 10.1 Å². The van der Waals surface area contributed by atoms with E-state index in [4.69, 9.17) is 15.9 Å². The topological polar surface area (TPSA) is 47.6 Å². The van der Waals surface area contributed by atoms with Crippen LogP contribution in [0.2, 0.25) is 0 Å². The number of carbonyl (C=O) groups excluding carboxylic acids is 1. The van der Waals surface area contributed by atoms with Gasteiger partial charge >= 0.3 is 6.09 Å². The molecule has 138 valence electrons. The Morgan fingerprint density at radius 2 is 1.64 bits per heavy atom. The Hall–Kier alpha value is -3.71. The molecule has 0 aliphatic heterocycles. The molecule has 3 aromatic carbocycles. The van der Waals surface area contributed by atoms with E-state index < -0.39 is 6.09 Å². The fraction of sp³-hybridized carbons (Fsp3) is 0.125. The minimum absolute atomic E-state index is 0.0310. The van der Waals surface area contributed by atoms with Crippen LogP contribution in [-0.4, -0.2) is 19.3 Å². The van der Waals surface area contributed by atoms with Crippen LogP contribution in [0.4, 0.5) is 10.5 Å². The Balaban J connectivity index is 1.44. The Bertz CT molecular complexity index is 1010. The first kappa shape index (κ1) is 17.7. The third-order valence-corrected chi connectivity index (χ3v) is 4.75. The van der Waals surface area contributed by atoms with Gasteiger partial charge in [-0.3, -0.25) is 5.32 Å². The van der Waals surface area contributed by atoms with Gasteiger partial charge in [0.25, 0.3) is 0 Å². The van der Waals surface area contributed by atoms with Gasteiger partial charge in [-0.2, -0.15) is 0 Å². The summed E-state index contributed by atoms with van der Waals surface area (Å²) >= 11 is 0. The van der Waals surface area contributed by atoms with Crippen molar-refractivity contribution in [3.63, 3.8) is 0 Å². The molecule has 1 amide bonds. The monoisotopic (exact) mass is 369 g/mol. The van der Waals surface area contributed by atoms with Crippen LogP contribution in [0.5, 0.6) is 5.75 Å². The number of anilines is 1. The molecule has 0 bridgehead atoms. The quantitative estimate of drug-likeness (QED) is 0.640. The first-order chi connectivity index (χ1) is 13.8. The number of terminal acetylenes is 1. The van der Waals surface area contributed by atoms with Crippen molar-refractivity contribution in [2.75, 3.05) is 18.5 Å². The summed E-state index contributed by atoms with van der Waals surface area (Å²) in [6.07, 6.45) is 4.69. The van der Waals surface area contributed by atoms with Gasteiger partial charge in [-0.15, -0.1) is 6.42 Å². The lowest BCUT2D eigenvalue weighted by Crippen LogP contribution is -2.17. The first-order valence-electron chi connectivity index (χ1n) is 9.04. The lowest BCUT2D eigenvalue weighted by Gasteiger charge is -2.15. The van der Waals surface area contributed by atoms with Gasteiger partial charge in [0.2, 0.25) is 0 Å². The Labute approximate surface area is 164 Å². The first-order valence-corrected chi connectivity index (χ1v) is 9.04. The number of hydrogen-bond donors (Lipinski definition) is 1. The maximum atomic E-state index is 12.3. The molecule has 0 atom stereocenters. The van der Waals surface area contributed by atoms with Gasteiger partial charge in [0.15, 0.2) is 0 Å². The molecule has 1 aliphatic carbocycles. The highest BCUT2D eigenvalue weighted by atomic mass is 16.5. The molecule has 3 aromatic rings. The van der Waals surface area contributed by atoms with Gasteiger partial charge in [0, 0.05) is 17.7 Å². The van der Waals surface area contributed by atoms with Crippen LogP contribution in [0.1, 0.15) is 17.0 Å². The van der Waals surface area contributed by atoms with E-state index in [1.807, 2.05) is 24.3 Å². The van der Waals surface area contributed by atoms with E-state index in [1.165, 1.54) is 22.3 Å². The molecule has 0 fully saturated rings. The molecule has 0 heterocycles. The lowest BCUT2D eigenvalue weighted by molar-refractivity contribution is 0.158.